The van der Waals surface area contributed by atoms with Crippen LogP contribution in [0.5, 0.6) is 0 Å². The van der Waals surface area contributed by atoms with E-state index in [4.69, 9.17) is 4.74 Å². The van der Waals surface area contributed by atoms with Crippen molar-refractivity contribution >= 4 is 35.8 Å². The molecule has 0 spiro atoms. The third kappa shape index (κ3) is 8.84. The molecule has 0 aromatic carbocycles. The Morgan fingerprint density at radius 3 is 2.06 bits per heavy atom. The Kier molecular flexibility index (Phi) is 11.4. The first-order valence-electron chi connectivity index (χ1n) is 17.1. The Labute approximate surface area is 286 Å². The Morgan fingerprint density at radius 1 is 0.979 bits per heavy atom. The van der Waals surface area contributed by atoms with E-state index in [-0.39, 0.29) is 36.3 Å². The standard InChI is InChI=1S/C36H59N5O7/c1-13-16-37-29(45)26(43)23(17-21-14-15-21)38-28(44)25-24-22(35(24,11)12)18-41(25)30(46)27(32(2,3)4)39-31(47)40-36(19-42,33(5,6)7)20-48-34(8,9)10/h13,19,21-25,27H,1,14-18,20H2,2-12H3,(H,37,45)(H,38,44)(H2,39,40,47)/t22-,23?,24-,25-,27+,36-/m0/s1. The van der Waals surface area contributed by atoms with Crippen LogP contribution >= 0.6 is 0 Å². The van der Waals surface area contributed by atoms with Crippen molar-refractivity contribution in [3.63, 3.8) is 0 Å². The number of urea groups is 1. The Morgan fingerprint density at radius 2 is 1.58 bits per heavy atom. The number of amides is 5. The second-order valence-electron chi connectivity index (χ2n) is 17.6. The molecule has 1 aliphatic heterocycles. The molecule has 4 N–H and O–H groups in total. The molecule has 2 aliphatic carbocycles. The maximum Gasteiger partial charge on any atom is 0.316 e. The minimum Gasteiger partial charge on any atom is -0.373 e. The molecule has 0 aromatic rings. The molecular formula is C36H59N5O7. The van der Waals surface area contributed by atoms with E-state index in [1.54, 1.807) is 0 Å². The molecule has 6 atom stereocenters. The van der Waals surface area contributed by atoms with Crippen LogP contribution in [0.3, 0.4) is 0 Å². The summed E-state index contributed by atoms with van der Waals surface area (Å²) in [5.74, 6) is -2.29. The van der Waals surface area contributed by atoms with Gasteiger partial charge in [0.05, 0.1) is 18.2 Å². The lowest BCUT2D eigenvalue weighted by Gasteiger charge is -2.43. The summed E-state index contributed by atoms with van der Waals surface area (Å²) in [5.41, 5.74) is -3.70. The zero-order valence-electron chi connectivity index (χ0n) is 30.9. The zero-order chi connectivity index (χ0) is 36.6. The van der Waals surface area contributed by atoms with Crippen LogP contribution in [0.1, 0.15) is 95.4 Å². The van der Waals surface area contributed by atoms with Gasteiger partial charge in [-0.15, -0.1) is 6.58 Å². The van der Waals surface area contributed by atoms with Gasteiger partial charge in [-0.05, 0) is 61.2 Å². The number of likely N-dealkylation sites (tertiary alicyclic amines) is 1. The van der Waals surface area contributed by atoms with Gasteiger partial charge in [0.2, 0.25) is 17.6 Å². The summed E-state index contributed by atoms with van der Waals surface area (Å²) in [4.78, 5) is 81.9. The van der Waals surface area contributed by atoms with Crippen LogP contribution in [0.15, 0.2) is 12.7 Å². The molecule has 1 unspecified atom stereocenters. The molecule has 5 amide bonds. The van der Waals surface area contributed by atoms with Crippen LogP contribution in [0.25, 0.3) is 0 Å². The largest absolute Gasteiger partial charge is 0.373 e. The average Bonchev–Trinajstić information content (AvgIpc) is 3.81. The number of piperidine rings is 1. The molecule has 0 aromatic heterocycles. The second kappa shape index (κ2) is 13.9. The summed E-state index contributed by atoms with van der Waals surface area (Å²) in [6.07, 6.45) is 4.34. The number of nitrogens with zero attached hydrogens (tertiary/aromatic N) is 1. The Balaban J connectivity index is 1.86. The van der Waals surface area contributed by atoms with Gasteiger partial charge in [-0.3, -0.25) is 19.2 Å². The molecule has 270 valence electrons. The van der Waals surface area contributed by atoms with Crippen LogP contribution in [0, 0.1) is 34.0 Å². The molecule has 1 saturated heterocycles. The van der Waals surface area contributed by atoms with Crippen molar-refractivity contribution < 1.29 is 33.5 Å². The van der Waals surface area contributed by atoms with Crippen molar-refractivity contribution in [1.29, 1.82) is 0 Å². The number of fused-ring (bicyclic) bond motifs is 1. The summed E-state index contributed by atoms with van der Waals surface area (Å²) in [6.45, 7) is 24.5. The number of hydrogen-bond donors (Lipinski definition) is 4. The van der Waals surface area contributed by atoms with Crippen molar-refractivity contribution in [2.24, 2.45) is 34.0 Å². The highest BCUT2D eigenvalue weighted by atomic mass is 16.5. The number of ketones is 1. The molecule has 1 heterocycles. The fourth-order valence-electron chi connectivity index (χ4n) is 6.59. The fourth-order valence-corrected chi connectivity index (χ4v) is 6.59. The smallest absolute Gasteiger partial charge is 0.316 e. The molecule has 0 radical (unpaired) electrons. The third-order valence-electron chi connectivity index (χ3n) is 10.3. The summed E-state index contributed by atoms with van der Waals surface area (Å²) in [5, 5.41) is 11.0. The van der Waals surface area contributed by atoms with E-state index in [1.807, 2.05) is 62.3 Å². The van der Waals surface area contributed by atoms with Crippen LogP contribution in [0.4, 0.5) is 4.79 Å². The first kappa shape index (κ1) is 39.2. The zero-order valence-corrected chi connectivity index (χ0v) is 30.9. The number of Topliss-reactive ketones (excluding diaryl/α,β-unsaturated/α-hetero) is 1. The van der Waals surface area contributed by atoms with E-state index < -0.39 is 69.6 Å². The van der Waals surface area contributed by atoms with Gasteiger partial charge in [0.1, 0.15) is 23.9 Å². The van der Waals surface area contributed by atoms with Crippen LogP contribution < -0.4 is 21.3 Å². The fraction of sp³-hybridized carbons (Fsp3) is 0.778. The molecule has 0 bridgehead atoms. The third-order valence-corrected chi connectivity index (χ3v) is 10.3. The van der Waals surface area contributed by atoms with Crippen molar-refractivity contribution in [2.45, 2.75) is 125 Å². The van der Waals surface area contributed by atoms with Crippen molar-refractivity contribution in [1.82, 2.24) is 26.2 Å². The summed E-state index contributed by atoms with van der Waals surface area (Å²) >= 11 is 0. The molecule has 12 nitrogen and oxygen atoms in total. The highest BCUT2D eigenvalue weighted by Gasteiger charge is 2.70. The van der Waals surface area contributed by atoms with Gasteiger partial charge in [0.25, 0.3) is 5.91 Å². The van der Waals surface area contributed by atoms with E-state index in [0.29, 0.717) is 19.3 Å². The lowest BCUT2D eigenvalue weighted by molar-refractivity contribution is -0.145. The minimum absolute atomic E-state index is 0.0540. The molecule has 3 aliphatic rings. The van der Waals surface area contributed by atoms with Gasteiger partial charge in [-0.25, -0.2) is 4.79 Å². The van der Waals surface area contributed by atoms with Crippen molar-refractivity contribution in [3.8, 4) is 0 Å². The molecular weight excluding hydrogens is 614 g/mol. The first-order valence-corrected chi connectivity index (χ1v) is 17.1. The van der Waals surface area contributed by atoms with Gasteiger partial charge in [-0.2, -0.15) is 0 Å². The van der Waals surface area contributed by atoms with E-state index >= 15 is 0 Å². The highest BCUT2D eigenvalue weighted by Crippen LogP contribution is 2.65. The van der Waals surface area contributed by atoms with Crippen LogP contribution in [-0.2, 0) is 28.7 Å². The maximum absolute atomic E-state index is 14.4. The lowest BCUT2D eigenvalue weighted by Crippen LogP contribution is -2.67. The van der Waals surface area contributed by atoms with Gasteiger partial charge >= 0.3 is 6.03 Å². The van der Waals surface area contributed by atoms with Crippen LogP contribution in [0.2, 0.25) is 0 Å². The predicted molar refractivity (Wildman–Crippen MR) is 183 cm³/mol. The second-order valence-corrected chi connectivity index (χ2v) is 17.6. The SMILES string of the molecule is C=CCNC(=O)C(=O)C(CC1CC1)NC(=O)[C@@H]1[C@@H]2[C@H](CN1C(=O)[C@@H](NC(=O)N[C@@](C=O)(COC(C)(C)C)C(C)(C)C)C(C)(C)C)C2(C)C. The van der Waals surface area contributed by atoms with E-state index in [9.17, 15) is 28.8 Å². The molecule has 2 saturated carbocycles. The van der Waals surface area contributed by atoms with E-state index in [1.165, 1.54) is 11.0 Å². The first-order chi connectivity index (χ1) is 21.9. The lowest BCUT2D eigenvalue weighted by atomic mass is 9.75. The number of ether oxygens (including phenoxy) is 1. The molecule has 48 heavy (non-hydrogen) atoms. The maximum atomic E-state index is 14.4. The van der Waals surface area contributed by atoms with Crippen molar-refractivity contribution in [2.75, 3.05) is 19.7 Å². The van der Waals surface area contributed by atoms with Gasteiger partial charge in [0, 0.05) is 13.1 Å². The van der Waals surface area contributed by atoms with Crippen molar-refractivity contribution in [3.05, 3.63) is 12.7 Å². The van der Waals surface area contributed by atoms with E-state index in [0.717, 1.165) is 12.8 Å². The van der Waals surface area contributed by atoms with Crippen LogP contribution in [-0.4, -0.2) is 89.7 Å². The molecule has 3 fully saturated rings. The monoisotopic (exact) mass is 673 g/mol. The van der Waals surface area contributed by atoms with Gasteiger partial charge in [0.15, 0.2) is 0 Å². The summed E-state index contributed by atoms with van der Waals surface area (Å²) in [6, 6.07) is -3.68. The summed E-state index contributed by atoms with van der Waals surface area (Å²) in [7, 11) is 0. The number of aldehydes is 1. The van der Waals surface area contributed by atoms with E-state index in [2.05, 4.69) is 41.7 Å². The Hall–Kier alpha value is -3.28. The highest BCUT2D eigenvalue weighted by molar-refractivity contribution is 6.38. The number of carbonyl (C=O) groups excluding carboxylic acids is 6. The number of hydrogen-bond acceptors (Lipinski definition) is 7. The number of nitrogens with one attached hydrogen (secondary N) is 4. The topological polar surface area (TPSA) is 163 Å². The van der Waals surface area contributed by atoms with Gasteiger partial charge in [-0.1, -0.05) is 74.3 Å². The minimum atomic E-state index is -1.40. The molecule has 3 rings (SSSR count). The normalized spacial score (nSPS) is 24.2. The predicted octanol–water partition coefficient (Wildman–Crippen LogP) is 3.14. The molecule has 12 heteroatoms. The number of rotatable bonds is 14. The summed E-state index contributed by atoms with van der Waals surface area (Å²) < 4.78 is 5.95. The quantitative estimate of drug-likeness (QED) is 0.125. The average molecular weight is 674 g/mol. The van der Waals surface area contributed by atoms with Gasteiger partial charge < -0.3 is 35.7 Å². The Bertz CT molecular complexity index is 1290. The number of carbonyl (C=O) groups is 6.